The minimum atomic E-state index is -0.837. The van der Waals surface area contributed by atoms with E-state index in [1.54, 1.807) is 0 Å². The normalized spacial score (nSPS) is 8.67. The molecular weight excluding hydrogens is 190 g/mol. The van der Waals surface area contributed by atoms with Gasteiger partial charge < -0.3 is 0 Å². The SMILES string of the molecule is N#CC(=O)c1ccc(C(C#N)C#N)cc1. The number of nitriles is 3. The lowest BCUT2D eigenvalue weighted by Crippen LogP contribution is -1.96. The summed E-state index contributed by atoms with van der Waals surface area (Å²) in [6.07, 6.45) is 0. The molecule has 4 nitrogen and oxygen atoms in total. The largest absolute Gasteiger partial charge is 0.277 e. The Morgan fingerprint density at radius 2 is 1.60 bits per heavy atom. The lowest BCUT2D eigenvalue weighted by molar-refractivity contribution is 0.105. The van der Waals surface area contributed by atoms with Gasteiger partial charge in [0.2, 0.25) is 0 Å². The molecule has 0 N–H and O–H groups in total. The van der Waals surface area contributed by atoms with E-state index in [0.717, 1.165) is 0 Å². The Morgan fingerprint density at radius 1 is 1.07 bits per heavy atom. The molecule has 0 bridgehead atoms. The number of carbonyl (C=O) groups excluding carboxylic acids is 1. The summed E-state index contributed by atoms with van der Waals surface area (Å²) in [6.45, 7) is 0. The van der Waals surface area contributed by atoms with Crippen molar-refractivity contribution < 1.29 is 4.79 Å². The first-order valence-electron chi connectivity index (χ1n) is 4.06. The maximum Gasteiger partial charge on any atom is 0.262 e. The van der Waals surface area contributed by atoms with Crippen LogP contribution < -0.4 is 0 Å². The van der Waals surface area contributed by atoms with Crippen molar-refractivity contribution in [2.45, 2.75) is 5.92 Å². The highest BCUT2D eigenvalue weighted by atomic mass is 16.1. The molecule has 1 aromatic carbocycles. The zero-order chi connectivity index (χ0) is 11.3. The lowest BCUT2D eigenvalue weighted by Gasteiger charge is -2.00. The fourth-order valence-electron chi connectivity index (χ4n) is 1.07. The number of hydrogen-bond donors (Lipinski definition) is 0. The van der Waals surface area contributed by atoms with Crippen molar-refractivity contribution in [3.63, 3.8) is 0 Å². The topological polar surface area (TPSA) is 88.4 Å². The molecule has 0 fully saturated rings. The molecule has 0 aliphatic carbocycles. The maximum absolute atomic E-state index is 10.9. The lowest BCUT2D eigenvalue weighted by atomic mass is 10.00. The molecule has 0 atom stereocenters. The highest BCUT2D eigenvalue weighted by Crippen LogP contribution is 2.14. The van der Waals surface area contributed by atoms with Gasteiger partial charge in [-0.05, 0) is 17.7 Å². The molecule has 0 saturated carbocycles. The summed E-state index contributed by atoms with van der Waals surface area (Å²) in [6, 6.07) is 11.0. The van der Waals surface area contributed by atoms with Crippen molar-refractivity contribution >= 4 is 5.78 Å². The number of carbonyl (C=O) groups is 1. The summed E-state index contributed by atoms with van der Waals surface area (Å²) >= 11 is 0. The van der Waals surface area contributed by atoms with Gasteiger partial charge in [0.15, 0.2) is 5.92 Å². The van der Waals surface area contributed by atoms with E-state index in [1.807, 2.05) is 12.1 Å². The molecule has 4 heteroatoms. The summed E-state index contributed by atoms with van der Waals surface area (Å²) in [5.41, 5.74) is 0.783. The first-order valence-corrected chi connectivity index (χ1v) is 4.06. The van der Waals surface area contributed by atoms with E-state index in [2.05, 4.69) is 0 Å². The van der Waals surface area contributed by atoms with Crippen molar-refractivity contribution in [3.05, 3.63) is 35.4 Å². The number of ketones is 1. The molecule has 0 aromatic heterocycles. The van der Waals surface area contributed by atoms with Gasteiger partial charge in [-0.15, -0.1) is 0 Å². The molecule has 1 aromatic rings. The number of benzene rings is 1. The van der Waals surface area contributed by atoms with E-state index in [1.165, 1.54) is 30.3 Å². The van der Waals surface area contributed by atoms with Crippen LogP contribution in [0.3, 0.4) is 0 Å². The third kappa shape index (κ3) is 2.18. The van der Waals surface area contributed by atoms with Crippen LogP contribution in [0.5, 0.6) is 0 Å². The summed E-state index contributed by atoms with van der Waals surface area (Å²) in [5.74, 6) is -1.47. The van der Waals surface area contributed by atoms with E-state index in [4.69, 9.17) is 15.8 Å². The van der Waals surface area contributed by atoms with Crippen LogP contribution in [0.25, 0.3) is 0 Å². The van der Waals surface area contributed by atoms with Gasteiger partial charge in [0, 0.05) is 5.56 Å². The minimum Gasteiger partial charge on any atom is -0.277 e. The molecule has 0 radical (unpaired) electrons. The Balaban J connectivity index is 3.03. The second-order valence-corrected chi connectivity index (χ2v) is 2.75. The van der Waals surface area contributed by atoms with Crippen LogP contribution in [0.2, 0.25) is 0 Å². The average Bonchev–Trinajstić information content (AvgIpc) is 2.30. The van der Waals surface area contributed by atoms with E-state index < -0.39 is 11.7 Å². The Labute approximate surface area is 86.6 Å². The second-order valence-electron chi connectivity index (χ2n) is 2.75. The van der Waals surface area contributed by atoms with Crippen LogP contribution in [0.1, 0.15) is 21.8 Å². The molecule has 0 aliphatic heterocycles. The Hall–Kier alpha value is -2.64. The van der Waals surface area contributed by atoms with Crippen LogP contribution in [-0.2, 0) is 0 Å². The summed E-state index contributed by atoms with van der Waals surface area (Å²) in [4.78, 5) is 10.9. The van der Waals surface area contributed by atoms with Crippen molar-refractivity contribution in [1.82, 2.24) is 0 Å². The Bertz CT molecular complexity index is 483. The quantitative estimate of drug-likeness (QED) is 0.528. The maximum atomic E-state index is 10.9. The summed E-state index contributed by atoms with van der Waals surface area (Å²) in [5, 5.41) is 25.6. The summed E-state index contributed by atoms with van der Waals surface area (Å²) < 4.78 is 0. The predicted molar refractivity (Wildman–Crippen MR) is 50.4 cm³/mol. The Morgan fingerprint density at radius 3 is 2.00 bits per heavy atom. The second kappa shape index (κ2) is 4.56. The summed E-state index contributed by atoms with van der Waals surface area (Å²) in [7, 11) is 0. The average molecular weight is 195 g/mol. The van der Waals surface area contributed by atoms with Crippen molar-refractivity contribution in [1.29, 1.82) is 15.8 Å². The third-order valence-electron chi connectivity index (χ3n) is 1.87. The first kappa shape index (κ1) is 10.4. The van der Waals surface area contributed by atoms with Crippen LogP contribution in [-0.4, -0.2) is 5.78 Å². The molecule has 0 heterocycles. The molecule has 0 saturated heterocycles. The van der Waals surface area contributed by atoms with Crippen molar-refractivity contribution in [2.24, 2.45) is 0 Å². The Kier molecular flexibility index (Phi) is 3.17. The van der Waals surface area contributed by atoms with Crippen molar-refractivity contribution in [2.75, 3.05) is 0 Å². The van der Waals surface area contributed by atoms with Crippen LogP contribution in [0.15, 0.2) is 24.3 Å². The number of rotatable bonds is 2. The van der Waals surface area contributed by atoms with Gasteiger partial charge in [-0.25, -0.2) is 0 Å². The fraction of sp³-hybridized carbons (Fsp3) is 0.0909. The predicted octanol–water partition coefficient (Wildman–Crippen LogP) is 1.52. The fourth-order valence-corrected chi connectivity index (χ4v) is 1.07. The highest BCUT2D eigenvalue weighted by molar-refractivity contribution is 6.07. The molecule has 70 valence electrons. The third-order valence-corrected chi connectivity index (χ3v) is 1.87. The monoisotopic (exact) mass is 195 g/mol. The number of hydrogen-bond acceptors (Lipinski definition) is 4. The first-order chi connectivity index (χ1) is 7.22. The van der Waals surface area contributed by atoms with Gasteiger partial charge in [-0.3, -0.25) is 4.79 Å². The zero-order valence-electron chi connectivity index (χ0n) is 7.64. The van der Waals surface area contributed by atoms with E-state index in [-0.39, 0.29) is 5.56 Å². The van der Waals surface area contributed by atoms with E-state index >= 15 is 0 Å². The van der Waals surface area contributed by atoms with Gasteiger partial charge in [-0.2, -0.15) is 15.8 Å². The van der Waals surface area contributed by atoms with Gasteiger partial charge in [0.1, 0.15) is 6.07 Å². The molecule has 0 aliphatic rings. The van der Waals surface area contributed by atoms with Crippen molar-refractivity contribution in [3.8, 4) is 18.2 Å². The molecule has 0 amide bonds. The molecule has 0 unspecified atom stereocenters. The molecular formula is C11H5N3O. The molecule has 1 rings (SSSR count). The van der Waals surface area contributed by atoms with Crippen LogP contribution in [0, 0.1) is 34.0 Å². The molecule has 0 spiro atoms. The molecule has 15 heavy (non-hydrogen) atoms. The minimum absolute atomic E-state index is 0.260. The number of nitrogens with zero attached hydrogens (tertiary/aromatic N) is 3. The van der Waals surface area contributed by atoms with Gasteiger partial charge >= 0.3 is 0 Å². The zero-order valence-corrected chi connectivity index (χ0v) is 7.64. The van der Waals surface area contributed by atoms with E-state index in [9.17, 15) is 4.79 Å². The van der Waals surface area contributed by atoms with E-state index in [0.29, 0.717) is 5.56 Å². The number of Topliss-reactive ketones (excluding diaryl/α,β-unsaturated/α-hetero) is 1. The van der Waals surface area contributed by atoms with Crippen LogP contribution >= 0.6 is 0 Å². The van der Waals surface area contributed by atoms with Crippen LogP contribution in [0.4, 0.5) is 0 Å². The van der Waals surface area contributed by atoms with Gasteiger partial charge in [0.05, 0.1) is 12.1 Å². The smallest absolute Gasteiger partial charge is 0.262 e. The van der Waals surface area contributed by atoms with Gasteiger partial charge in [0.25, 0.3) is 5.78 Å². The highest BCUT2D eigenvalue weighted by Gasteiger charge is 2.10. The standard InChI is InChI=1S/C11H5N3O/c12-5-10(6-13)8-1-3-9(4-2-8)11(15)7-14/h1-4,10H. The van der Waals surface area contributed by atoms with Gasteiger partial charge in [-0.1, -0.05) is 12.1 Å².